The molecule has 116 valence electrons. The number of anilines is 1. The van der Waals surface area contributed by atoms with Crippen molar-refractivity contribution >= 4 is 5.69 Å². The predicted octanol–water partition coefficient (Wildman–Crippen LogP) is 4.66. The molecule has 1 aromatic rings. The van der Waals surface area contributed by atoms with Crippen molar-refractivity contribution in [3.63, 3.8) is 0 Å². The molecular weight excluding hydrogens is 256 g/mol. The van der Waals surface area contributed by atoms with Gasteiger partial charge in [-0.3, -0.25) is 4.90 Å². The Hall–Kier alpha value is -1.02. The van der Waals surface area contributed by atoms with E-state index in [-0.39, 0.29) is 0 Å². The van der Waals surface area contributed by atoms with Crippen molar-refractivity contribution in [3.8, 4) is 0 Å². The molecular formula is C19H30N2. The van der Waals surface area contributed by atoms with Crippen LogP contribution in [0.3, 0.4) is 0 Å². The second-order valence-electron chi connectivity index (χ2n) is 7.01. The molecule has 0 bridgehead atoms. The third-order valence-electron chi connectivity index (χ3n) is 5.28. The average molecular weight is 286 g/mol. The van der Waals surface area contributed by atoms with Gasteiger partial charge in [0, 0.05) is 18.3 Å². The number of nitrogens with zero attached hydrogens (tertiary/aromatic N) is 1. The van der Waals surface area contributed by atoms with Crippen molar-refractivity contribution < 1.29 is 0 Å². The number of hydrogen-bond donors (Lipinski definition) is 1. The molecule has 2 aliphatic rings. The lowest BCUT2D eigenvalue weighted by Gasteiger charge is -2.29. The van der Waals surface area contributed by atoms with Crippen LogP contribution in [0.25, 0.3) is 0 Å². The fraction of sp³-hybridized carbons (Fsp3) is 0.684. The van der Waals surface area contributed by atoms with Gasteiger partial charge in [0.1, 0.15) is 0 Å². The van der Waals surface area contributed by atoms with Crippen molar-refractivity contribution in [3.05, 3.63) is 29.8 Å². The fourth-order valence-corrected chi connectivity index (χ4v) is 3.97. The number of rotatable bonds is 5. The molecule has 3 rings (SSSR count). The minimum Gasteiger partial charge on any atom is -0.382 e. The van der Waals surface area contributed by atoms with Crippen LogP contribution in [0.15, 0.2) is 24.3 Å². The van der Waals surface area contributed by atoms with Crippen LogP contribution >= 0.6 is 0 Å². The van der Waals surface area contributed by atoms with E-state index in [1.807, 2.05) is 0 Å². The smallest absolute Gasteiger partial charge is 0.0345 e. The molecule has 1 saturated heterocycles. The Morgan fingerprint density at radius 1 is 1.10 bits per heavy atom. The SMILES string of the molecule is CC(Nc1cccc(CN2CCCC2)c1)C1CCCCC1. The maximum atomic E-state index is 3.76. The monoisotopic (exact) mass is 286 g/mol. The third kappa shape index (κ3) is 4.23. The molecule has 1 unspecified atom stereocenters. The number of likely N-dealkylation sites (tertiary alicyclic amines) is 1. The summed E-state index contributed by atoms with van der Waals surface area (Å²) in [4.78, 5) is 2.57. The summed E-state index contributed by atoms with van der Waals surface area (Å²) in [7, 11) is 0. The standard InChI is InChI=1S/C19H30N2/c1-16(18-9-3-2-4-10-18)20-19-11-7-8-17(14-19)15-21-12-5-6-13-21/h7-8,11,14,16,18,20H,2-6,9-10,12-13,15H2,1H3. The predicted molar refractivity (Wildman–Crippen MR) is 90.6 cm³/mol. The average Bonchev–Trinajstić information content (AvgIpc) is 3.01. The normalized spacial score (nSPS) is 22.3. The van der Waals surface area contributed by atoms with Gasteiger partial charge in [-0.1, -0.05) is 31.4 Å². The maximum Gasteiger partial charge on any atom is 0.0345 e. The van der Waals surface area contributed by atoms with E-state index in [4.69, 9.17) is 0 Å². The van der Waals surface area contributed by atoms with Crippen molar-refractivity contribution in [1.29, 1.82) is 0 Å². The van der Waals surface area contributed by atoms with Crippen LogP contribution in [0.2, 0.25) is 0 Å². The largest absolute Gasteiger partial charge is 0.382 e. The van der Waals surface area contributed by atoms with Gasteiger partial charge in [-0.05, 0) is 69.3 Å². The van der Waals surface area contributed by atoms with Gasteiger partial charge in [-0.15, -0.1) is 0 Å². The Balaban J connectivity index is 1.56. The Labute approximate surface area is 129 Å². The molecule has 1 aromatic carbocycles. The fourth-order valence-electron chi connectivity index (χ4n) is 3.97. The summed E-state index contributed by atoms with van der Waals surface area (Å²) in [5.74, 6) is 0.862. The first-order valence-corrected chi connectivity index (χ1v) is 8.89. The van der Waals surface area contributed by atoms with E-state index in [0.717, 1.165) is 12.5 Å². The summed E-state index contributed by atoms with van der Waals surface area (Å²) in [6, 6.07) is 9.67. The van der Waals surface area contributed by atoms with Crippen molar-refractivity contribution in [2.24, 2.45) is 5.92 Å². The third-order valence-corrected chi connectivity index (χ3v) is 5.28. The van der Waals surface area contributed by atoms with Crippen LogP contribution in [-0.4, -0.2) is 24.0 Å². The van der Waals surface area contributed by atoms with Crippen LogP contribution in [0.5, 0.6) is 0 Å². The van der Waals surface area contributed by atoms with Gasteiger partial charge < -0.3 is 5.32 Å². The Kier molecular flexibility index (Phi) is 5.18. The Morgan fingerprint density at radius 2 is 1.86 bits per heavy atom. The van der Waals surface area contributed by atoms with E-state index < -0.39 is 0 Å². The highest BCUT2D eigenvalue weighted by Crippen LogP contribution is 2.28. The Morgan fingerprint density at radius 3 is 2.62 bits per heavy atom. The van der Waals surface area contributed by atoms with Gasteiger partial charge in [-0.2, -0.15) is 0 Å². The highest BCUT2D eigenvalue weighted by molar-refractivity contribution is 5.46. The summed E-state index contributed by atoms with van der Waals surface area (Å²) in [6.45, 7) is 6.03. The molecule has 1 atom stereocenters. The summed E-state index contributed by atoms with van der Waals surface area (Å²) < 4.78 is 0. The van der Waals surface area contributed by atoms with Gasteiger partial charge in [0.2, 0.25) is 0 Å². The van der Waals surface area contributed by atoms with Crippen LogP contribution in [0.4, 0.5) is 5.69 Å². The number of benzene rings is 1. The first kappa shape index (κ1) is 14.9. The maximum absolute atomic E-state index is 3.76. The lowest BCUT2D eigenvalue weighted by atomic mass is 9.84. The van der Waals surface area contributed by atoms with Gasteiger partial charge in [-0.25, -0.2) is 0 Å². The lowest BCUT2D eigenvalue weighted by Crippen LogP contribution is -2.27. The van der Waals surface area contributed by atoms with Crippen molar-refractivity contribution in [2.45, 2.75) is 64.5 Å². The van der Waals surface area contributed by atoms with E-state index in [2.05, 4.69) is 41.4 Å². The summed E-state index contributed by atoms with van der Waals surface area (Å²) in [5.41, 5.74) is 2.77. The minimum atomic E-state index is 0.604. The quantitative estimate of drug-likeness (QED) is 0.846. The molecule has 2 heteroatoms. The van der Waals surface area contributed by atoms with Gasteiger partial charge in [0.15, 0.2) is 0 Å². The summed E-state index contributed by atoms with van der Waals surface area (Å²) >= 11 is 0. The van der Waals surface area contributed by atoms with E-state index in [0.29, 0.717) is 6.04 Å². The highest BCUT2D eigenvalue weighted by atomic mass is 15.1. The molecule has 1 aliphatic heterocycles. The molecule has 0 spiro atoms. The molecule has 1 N–H and O–H groups in total. The van der Waals surface area contributed by atoms with Gasteiger partial charge in [0.25, 0.3) is 0 Å². The zero-order chi connectivity index (χ0) is 14.5. The zero-order valence-corrected chi connectivity index (χ0v) is 13.5. The topological polar surface area (TPSA) is 15.3 Å². The molecule has 1 heterocycles. The van der Waals surface area contributed by atoms with Gasteiger partial charge >= 0.3 is 0 Å². The zero-order valence-electron chi connectivity index (χ0n) is 13.5. The number of hydrogen-bond acceptors (Lipinski definition) is 2. The first-order valence-electron chi connectivity index (χ1n) is 8.89. The highest BCUT2D eigenvalue weighted by Gasteiger charge is 2.20. The molecule has 0 aromatic heterocycles. The van der Waals surface area contributed by atoms with Crippen LogP contribution in [0, 0.1) is 5.92 Å². The second kappa shape index (κ2) is 7.31. The summed E-state index contributed by atoms with van der Waals surface area (Å²) in [6.07, 6.45) is 9.84. The molecule has 0 radical (unpaired) electrons. The lowest BCUT2D eigenvalue weighted by molar-refractivity contribution is 0.328. The van der Waals surface area contributed by atoms with E-state index in [9.17, 15) is 0 Å². The number of nitrogens with one attached hydrogen (secondary N) is 1. The van der Waals surface area contributed by atoms with Crippen LogP contribution in [-0.2, 0) is 6.54 Å². The molecule has 1 saturated carbocycles. The van der Waals surface area contributed by atoms with Crippen molar-refractivity contribution in [1.82, 2.24) is 4.90 Å². The van der Waals surface area contributed by atoms with E-state index in [1.54, 1.807) is 0 Å². The first-order chi connectivity index (χ1) is 10.3. The second-order valence-corrected chi connectivity index (χ2v) is 7.01. The molecule has 2 nitrogen and oxygen atoms in total. The Bertz CT molecular complexity index is 431. The van der Waals surface area contributed by atoms with E-state index >= 15 is 0 Å². The van der Waals surface area contributed by atoms with Gasteiger partial charge in [0.05, 0.1) is 0 Å². The van der Waals surface area contributed by atoms with Crippen LogP contribution < -0.4 is 5.32 Å². The minimum absolute atomic E-state index is 0.604. The van der Waals surface area contributed by atoms with Crippen molar-refractivity contribution in [2.75, 3.05) is 18.4 Å². The molecule has 2 fully saturated rings. The van der Waals surface area contributed by atoms with E-state index in [1.165, 1.54) is 69.3 Å². The molecule has 0 amide bonds. The molecule has 21 heavy (non-hydrogen) atoms. The molecule has 1 aliphatic carbocycles. The summed E-state index contributed by atoms with van der Waals surface area (Å²) in [5, 5.41) is 3.76. The van der Waals surface area contributed by atoms with Crippen LogP contribution in [0.1, 0.15) is 57.4 Å².